The van der Waals surface area contributed by atoms with E-state index in [0.717, 1.165) is 35.6 Å². The van der Waals surface area contributed by atoms with Crippen LogP contribution in [0.5, 0.6) is 0 Å². The van der Waals surface area contributed by atoms with Crippen LogP contribution in [0.4, 0.5) is 5.82 Å². The van der Waals surface area contributed by atoms with Gasteiger partial charge in [-0.15, -0.1) is 10.2 Å². The van der Waals surface area contributed by atoms with Crippen molar-refractivity contribution in [3.63, 3.8) is 0 Å². The van der Waals surface area contributed by atoms with E-state index in [1.165, 1.54) is 12.8 Å². The Morgan fingerprint density at radius 3 is 2.78 bits per heavy atom. The Morgan fingerprint density at radius 2 is 1.97 bits per heavy atom. The lowest BCUT2D eigenvalue weighted by molar-refractivity contribution is 0.102. The molecular weight excluding hydrogens is 402 g/mol. The molecule has 0 unspecified atom stereocenters. The zero-order chi connectivity index (χ0) is 21.7. The van der Waals surface area contributed by atoms with Crippen molar-refractivity contribution in [1.29, 1.82) is 0 Å². The summed E-state index contributed by atoms with van der Waals surface area (Å²) in [6.07, 6.45) is 10.3. The van der Waals surface area contributed by atoms with Crippen LogP contribution in [-0.4, -0.2) is 35.2 Å². The van der Waals surface area contributed by atoms with Crippen molar-refractivity contribution in [2.45, 2.75) is 44.6 Å². The topological polar surface area (TPSA) is 90.5 Å². The molecule has 1 aromatic carbocycles. The fourth-order valence-corrected chi connectivity index (χ4v) is 3.94. The smallest absolute Gasteiger partial charge is 0.257 e. The number of amides is 1. The second-order valence-electron chi connectivity index (χ2n) is 8.63. The van der Waals surface area contributed by atoms with Gasteiger partial charge in [0.2, 0.25) is 0 Å². The van der Waals surface area contributed by atoms with Gasteiger partial charge in [-0.3, -0.25) is 4.79 Å². The number of rotatable bonds is 6. The second kappa shape index (κ2) is 7.40. The Kier molecular flexibility index (Phi) is 4.38. The summed E-state index contributed by atoms with van der Waals surface area (Å²) >= 11 is 0. The van der Waals surface area contributed by atoms with Crippen LogP contribution in [0.1, 0.15) is 59.3 Å². The molecule has 0 aliphatic heterocycles. The van der Waals surface area contributed by atoms with Gasteiger partial charge in [-0.05, 0) is 62.4 Å². The Balaban J connectivity index is 1.25. The summed E-state index contributed by atoms with van der Waals surface area (Å²) in [5, 5.41) is 11.2. The molecule has 8 nitrogen and oxygen atoms in total. The highest BCUT2D eigenvalue weighted by molar-refractivity contribution is 6.05. The number of aromatic nitrogens is 6. The van der Waals surface area contributed by atoms with Gasteiger partial charge in [0.05, 0.1) is 12.0 Å². The van der Waals surface area contributed by atoms with Gasteiger partial charge in [0.25, 0.3) is 5.91 Å². The summed E-state index contributed by atoms with van der Waals surface area (Å²) in [7, 11) is 0. The summed E-state index contributed by atoms with van der Waals surface area (Å²) in [6, 6.07) is 11.9. The maximum atomic E-state index is 13.1. The molecule has 2 fully saturated rings. The molecule has 2 saturated carbocycles. The largest absolute Gasteiger partial charge is 0.309 e. The average molecular weight is 425 g/mol. The number of hydrogen-bond donors (Lipinski definition) is 1. The van der Waals surface area contributed by atoms with E-state index < -0.39 is 0 Å². The fourth-order valence-electron chi connectivity index (χ4n) is 3.94. The Bertz CT molecular complexity index is 1310. The number of carbonyl (C=O) groups excluding carboxylic acids is 1. The van der Waals surface area contributed by atoms with Gasteiger partial charge in [0.1, 0.15) is 17.8 Å². The van der Waals surface area contributed by atoms with Crippen LogP contribution in [0.15, 0.2) is 55.2 Å². The molecular formula is C24H23N7O. The van der Waals surface area contributed by atoms with Crippen LogP contribution in [-0.2, 0) is 0 Å². The number of pyridine rings is 1. The van der Waals surface area contributed by atoms with Crippen molar-refractivity contribution in [1.82, 2.24) is 29.3 Å². The van der Waals surface area contributed by atoms with Crippen LogP contribution in [0, 0.1) is 6.92 Å². The van der Waals surface area contributed by atoms with E-state index in [2.05, 4.69) is 36.2 Å². The van der Waals surface area contributed by atoms with Gasteiger partial charge >= 0.3 is 0 Å². The molecule has 160 valence electrons. The molecule has 6 rings (SSSR count). The lowest BCUT2D eigenvalue weighted by atomic mass is 10.1. The van der Waals surface area contributed by atoms with Gasteiger partial charge in [0.15, 0.2) is 5.82 Å². The monoisotopic (exact) mass is 425 g/mol. The third-order valence-corrected chi connectivity index (χ3v) is 6.10. The van der Waals surface area contributed by atoms with Crippen molar-refractivity contribution < 1.29 is 4.79 Å². The van der Waals surface area contributed by atoms with E-state index in [9.17, 15) is 4.79 Å². The van der Waals surface area contributed by atoms with E-state index in [-0.39, 0.29) is 5.91 Å². The maximum absolute atomic E-state index is 13.1. The van der Waals surface area contributed by atoms with Crippen molar-refractivity contribution in [2.75, 3.05) is 5.32 Å². The van der Waals surface area contributed by atoms with E-state index in [1.54, 1.807) is 12.4 Å². The number of nitrogens with zero attached hydrogens (tertiary/aromatic N) is 6. The van der Waals surface area contributed by atoms with Crippen molar-refractivity contribution >= 4 is 11.7 Å². The number of carbonyl (C=O) groups is 1. The van der Waals surface area contributed by atoms with Crippen LogP contribution in [0.25, 0.3) is 17.2 Å². The fraction of sp³-hybridized carbons (Fsp3) is 0.292. The molecule has 2 aliphatic rings. The number of anilines is 1. The molecule has 3 aromatic heterocycles. The first-order valence-corrected chi connectivity index (χ1v) is 11.0. The summed E-state index contributed by atoms with van der Waals surface area (Å²) in [6.45, 7) is 1.93. The van der Waals surface area contributed by atoms with E-state index in [0.29, 0.717) is 29.0 Å². The number of imidazole rings is 1. The van der Waals surface area contributed by atoms with Gasteiger partial charge in [-0.1, -0.05) is 12.1 Å². The summed E-state index contributed by atoms with van der Waals surface area (Å²) in [5.74, 6) is 1.61. The molecule has 32 heavy (non-hydrogen) atoms. The predicted molar refractivity (Wildman–Crippen MR) is 120 cm³/mol. The van der Waals surface area contributed by atoms with Crippen LogP contribution >= 0.6 is 0 Å². The van der Waals surface area contributed by atoms with Crippen molar-refractivity contribution in [3.05, 3.63) is 72.1 Å². The number of nitrogens with one attached hydrogen (secondary N) is 1. The molecule has 0 radical (unpaired) electrons. The maximum Gasteiger partial charge on any atom is 0.257 e. The summed E-state index contributed by atoms with van der Waals surface area (Å²) in [5.41, 5.74) is 4.25. The van der Waals surface area contributed by atoms with Gasteiger partial charge < -0.3 is 14.5 Å². The van der Waals surface area contributed by atoms with Crippen molar-refractivity contribution in [3.8, 4) is 17.2 Å². The molecule has 0 atom stereocenters. The van der Waals surface area contributed by atoms with E-state index in [4.69, 9.17) is 0 Å². The second-order valence-corrected chi connectivity index (χ2v) is 8.63. The van der Waals surface area contributed by atoms with Crippen LogP contribution in [0.3, 0.4) is 0 Å². The minimum Gasteiger partial charge on any atom is -0.309 e. The number of aryl methyl sites for hydroxylation is 1. The highest BCUT2D eigenvalue weighted by Gasteiger charge is 2.27. The summed E-state index contributed by atoms with van der Waals surface area (Å²) in [4.78, 5) is 22.3. The average Bonchev–Trinajstić information content (AvgIpc) is 3.74. The first kappa shape index (κ1) is 18.9. The third-order valence-electron chi connectivity index (χ3n) is 6.10. The van der Waals surface area contributed by atoms with E-state index >= 15 is 0 Å². The van der Waals surface area contributed by atoms with E-state index in [1.807, 2.05) is 48.1 Å². The molecule has 8 heteroatoms. The number of benzene rings is 1. The highest BCUT2D eigenvalue weighted by Crippen LogP contribution is 2.39. The number of hydrogen-bond acceptors (Lipinski definition) is 5. The van der Waals surface area contributed by atoms with Gasteiger partial charge in [-0.2, -0.15) is 0 Å². The normalized spacial score (nSPS) is 15.7. The van der Waals surface area contributed by atoms with Crippen LogP contribution in [0.2, 0.25) is 0 Å². The zero-order valence-corrected chi connectivity index (χ0v) is 17.8. The molecule has 0 spiro atoms. The standard InChI is InChI=1S/C24H23N7O/c1-15-5-8-18(30-12-21(25-13-30)16-6-7-16)11-19(15)24(32)28-22-4-2-3-20(27-22)23-29-26-14-31(23)17-9-10-17/h2-5,8,11-14,16-17H,6-7,9-10H2,1H3,(H,27,28,32). The minimum atomic E-state index is -0.194. The molecule has 4 aromatic rings. The first-order valence-electron chi connectivity index (χ1n) is 11.0. The third kappa shape index (κ3) is 3.57. The molecule has 2 aliphatic carbocycles. The Hall–Kier alpha value is -3.81. The lowest BCUT2D eigenvalue weighted by Gasteiger charge is -2.11. The van der Waals surface area contributed by atoms with Crippen molar-refractivity contribution in [2.24, 2.45) is 0 Å². The first-order chi connectivity index (χ1) is 15.7. The summed E-state index contributed by atoms with van der Waals surface area (Å²) < 4.78 is 4.04. The molecule has 0 bridgehead atoms. The SMILES string of the molecule is Cc1ccc(-n2cnc(C3CC3)c2)cc1C(=O)Nc1cccc(-c2nncn2C2CC2)n1. The molecule has 3 heterocycles. The predicted octanol–water partition coefficient (Wildman–Crippen LogP) is 4.30. The molecule has 1 amide bonds. The lowest BCUT2D eigenvalue weighted by Crippen LogP contribution is -2.15. The Morgan fingerprint density at radius 1 is 1.09 bits per heavy atom. The van der Waals surface area contributed by atoms with Crippen LogP contribution < -0.4 is 5.32 Å². The van der Waals surface area contributed by atoms with Gasteiger partial charge in [0, 0.05) is 29.4 Å². The minimum absolute atomic E-state index is 0.194. The quantitative estimate of drug-likeness (QED) is 0.497. The highest BCUT2D eigenvalue weighted by atomic mass is 16.1. The Labute approximate surface area is 185 Å². The molecule has 1 N–H and O–H groups in total. The van der Waals surface area contributed by atoms with Gasteiger partial charge in [-0.25, -0.2) is 9.97 Å². The molecule has 0 saturated heterocycles. The zero-order valence-electron chi connectivity index (χ0n) is 17.8.